The van der Waals surface area contributed by atoms with Crippen LogP contribution in [0.25, 0.3) is 11.3 Å². The summed E-state index contributed by atoms with van der Waals surface area (Å²) in [5, 5.41) is 2.63. The molecule has 3 aromatic carbocycles. The van der Waals surface area contributed by atoms with Gasteiger partial charge in [-0.2, -0.15) is 0 Å². The SMILES string of the molecule is O=C(Nc1cccc(F)c1)c1cccc(Oc2cc(-c3ccc(F)cc3)ncn2)c1. The highest BCUT2D eigenvalue weighted by Gasteiger charge is 2.10. The Balaban J connectivity index is 1.51. The summed E-state index contributed by atoms with van der Waals surface area (Å²) in [6.07, 6.45) is 1.34. The quantitative estimate of drug-likeness (QED) is 0.480. The Labute approximate surface area is 171 Å². The van der Waals surface area contributed by atoms with E-state index < -0.39 is 11.7 Å². The summed E-state index contributed by atoms with van der Waals surface area (Å²) in [6.45, 7) is 0. The van der Waals surface area contributed by atoms with Crippen LogP contribution >= 0.6 is 0 Å². The Kier molecular flexibility index (Phi) is 5.43. The van der Waals surface area contributed by atoms with E-state index in [1.54, 1.807) is 48.5 Å². The molecular formula is C23H15F2N3O2. The normalized spacial score (nSPS) is 10.5. The monoisotopic (exact) mass is 403 g/mol. The van der Waals surface area contributed by atoms with Gasteiger partial charge in [0.25, 0.3) is 5.91 Å². The highest BCUT2D eigenvalue weighted by atomic mass is 19.1. The smallest absolute Gasteiger partial charge is 0.255 e. The second kappa shape index (κ2) is 8.48. The minimum Gasteiger partial charge on any atom is -0.439 e. The molecule has 0 atom stereocenters. The Hall–Kier alpha value is -4.13. The molecule has 0 aliphatic rings. The van der Waals surface area contributed by atoms with Crippen LogP contribution in [-0.4, -0.2) is 15.9 Å². The van der Waals surface area contributed by atoms with E-state index >= 15 is 0 Å². The van der Waals surface area contributed by atoms with Crippen molar-refractivity contribution in [1.29, 1.82) is 0 Å². The third kappa shape index (κ3) is 4.64. The lowest BCUT2D eigenvalue weighted by Gasteiger charge is -2.09. The minimum absolute atomic E-state index is 0.270. The number of anilines is 1. The van der Waals surface area contributed by atoms with Crippen molar-refractivity contribution in [3.8, 4) is 22.9 Å². The zero-order valence-corrected chi connectivity index (χ0v) is 15.5. The molecule has 0 fully saturated rings. The van der Waals surface area contributed by atoms with Crippen LogP contribution in [0.4, 0.5) is 14.5 Å². The van der Waals surface area contributed by atoms with Crippen molar-refractivity contribution in [3.05, 3.63) is 102 Å². The van der Waals surface area contributed by atoms with Crippen molar-refractivity contribution >= 4 is 11.6 Å². The fourth-order valence-corrected chi connectivity index (χ4v) is 2.76. The van der Waals surface area contributed by atoms with Crippen molar-refractivity contribution < 1.29 is 18.3 Å². The predicted molar refractivity (Wildman–Crippen MR) is 108 cm³/mol. The summed E-state index contributed by atoms with van der Waals surface area (Å²) in [5.74, 6) is -0.512. The van der Waals surface area contributed by atoms with E-state index in [4.69, 9.17) is 4.74 Å². The van der Waals surface area contributed by atoms with E-state index in [0.717, 1.165) is 0 Å². The van der Waals surface area contributed by atoms with E-state index in [1.165, 1.54) is 36.7 Å². The zero-order valence-electron chi connectivity index (χ0n) is 15.5. The van der Waals surface area contributed by atoms with Crippen molar-refractivity contribution in [2.45, 2.75) is 0 Å². The number of nitrogens with one attached hydrogen (secondary N) is 1. The van der Waals surface area contributed by atoms with Gasteiger partial charge >= 0.3 is 0 Å². The molecule has 1 amide bonds. The second-order valence-corrected chi connectivity index (χ2v) is 6.34. The predicted octanol–water partition coefficient (Wildman–Crippen LogP) is 5.47. The first-order chi connectivity index (χ1) is 14.6. The molecule has 0 aliphatic heterocycles. The molecule has 4 rings (SSSR count). The summed E-state index contributed by atoms with van der Waals surface area (Å²) in [7, 11) is 0. The highest BCUT2D eigenvalue weighted by molar-refractivity contribution is 6.04. The van der Waals surface area contributed by atoms with Gasteiger partial charge in [-0.05, 0) is 60.7 Å². The lowest BCUT2D eigenvalue weighted by molar-refractivity contribution is 0.102. The number of carbonyl (C=O) groups is 1. The first-order valence-corrected chi connectivity index (χ1v) is 9.00. The first kappa shape index (κ1) is 19.2. The van der Waals surface area contributed by atoms with Crippen LogP contribution in [0, 0.1) is 11.6 Å². The van der Waals surface area contributed by atoms with E-state index in [1.807, 2.05) is 0 Å². The maximum atomic E-state index is 13.3. The number of ether oxygens (including phenoxy) is 1. The van der Waals surface area contributed by atoms with Crippen LogP contribution in [0.3, 0.4) is 0 Å². The lowest BCUT2D eigenvalue weighted by atomic mass is 10.1. The largest absolute Gasteiger partial charge is 0.439 e. The number of nitrogens with zero attached hydrogens (tertiary/aromatic N) is 2. The molecule has 0 unspecified atom stereocenters. The fraction of sp³-hybridized carbons (Fsp3) is 0. The molecular weight excluding hydrogens is 388 g/mol. The topological polar surface area (TPSA) is 64.1 Å². The summed E-state index contributed by atoms with van der Waals surface area (Å²) in [6, 6.07) is 19.7. The highest BCUT2D eigenvalue weighted by Crippen LogP contribution is 2.25. The molecule has 0 saturated heterocycles. The van der Waals surface area contributed by atoms with Gasteiger partial charge in [-0.15, -0.1) is 0 Å². The lowest BCUT2D eigenvalue weighted by Crippen LogP contribution is -2.11. The minimum atomic E-state index is -0.439. The molecule has 0 saturated carbocycles. The van der Waals surface area contributed by atoms with Gasteiger partial charge in [0.15, 0.2) is 0 Å². The summed E-state index contributed by atoms with van der Waals surface area (Å²) in [5.41, 5.74) is 1.97. The van der Waals surface area contributed by atoms with Gasteiger partial charge in [0.2, 0.25) is 5.88 Å². The van der Waals surface area contributed by atoms with Crippen LogP contribution < -0.4 is 10.1 Å². The molecule has 30 heavy (non-hydrogen) atoms. The van der Waals surface area contributed by atoms with Gasteiger partial charge in [-0.1, -0.05) is 12.1 Å². The number of hydrogen-bond acceptors (Lipinski definition) is 4. The Morgan fingerprint density at radius 2 is 1.63 bits per heavy atom. The zero-order chi connectivity index (χ0) is 20.9. The molecule has 4 aromatic rings. The van der Waals surface area contributed by atoms with Gasteiger partial charge in [-0.3, -0.25) is 4.79 Å². The van der Waals surface area contributed by atoms with E-state index in [0.29, 0.717) is 28.3 Å². The third-order valence-electron chi connectivity index (χ3n) is 4.18. The van der Waals surface area contributed by atoms with Crippen LogP contribution in [0.5, 0.6) is 11.6 Å². The van der Waals surface area contributed by atoms with E-state index in [9.17, 15) is 13.6 Å². The maximum Gasteiger partial charge on any atom is 0.255 e. The molecule has 1 aromatic heterocycles. The van der Waals surface area contributed by atoms with Crippen LogP contribution in [0.1, 0.15) is 10.4 Å². The molecule has 5 nitrogen and oxygen atoms in total. The fourth-order valence-electron chi connectivity index (χ4n) is 2.76. The molecule has 0 spiro atoms. The number of rotatable bonds is 5. The molecule has 0 radical (unpaired) electrons. The summed E-state index contributed by atoms with van der Waals surface area (Å²) >= 11 is 0. The number of carbonyl (C=O) groups excluding carboxylic acids is 1. The Bertz CT molecular complexity index is 1200. The van der Waals surface area contributed by atoms with Crippen molar-refractivity contribution in [2.75, 3.05) is 5.32 Å². The third-order valence-corrected chi connectivity index (χ3v) is 4.18. The maximum absolute atomic E-state index is 13.3. The number of aromatic nitrogens is 2. The van der Waals surface area contributed by atoms with Crippen LogP contribution in [0.15, 0.2) is 85.2 Å². The summed E-state index contributed by atoms with van der Waals surface area (Å²) < 4.78 is 32.2. The van der Waals surface area contributed by atoms with Gasteiger partial charge < -0.3 is 10.1 Å². The standard InChI is InChI=1S/C23H15F2N3O2/c24-17-9-7-15(8-10-17)21-13-22(27-14-26-21)30-20-6-1-3-16(11-20)23(29)28-19-5-2-4-18(25)12-19/h1-14H,(H,28,29). The van der Waals surface area contributed by atoms with Gasteiger partial charge in [0.05, 0.1) is 5.69 Å². The molecule has 7 heteroatoms. The molecule has 0 bridgehead atoms. The molecule has 0 aliphatic carbocycles. The van der Waals surface area contributed by atoms with Crippen molar-refractivity contribution in [2.24, 2.45) is 0 Å². The van der Waals surface area contributed by atoms with Gasteiger partial charge in [0.1, 0.15) is 23.7 Å². The first-order valence-electron chi connectivity index (χ1n) is 9.00. The average Bonchev–Trinajstić information content (AvgIpc) is 2.75. The second-order valence-electron chi connectivity index (χ2n) is 6.34. The van der Waals surface area contributed by atoms with Crippen molar-refractivity contribution in [3.63, 3.8) is 0 Å². The Morgan fingerprint density at radius 3 is 2.43 bits per heavy atom. The van der Waals surface area contributed by atoms with Gasteiger partial charge in [0, 0.05) is 22.9 Å². The van der Waals surface area contributed by atoms with E-state index in [-0.39, 0.29) is 11.7 Å². The molecule has 1 heterocycles. The average molecular weight is 403 g/mol. The number of amides is 1. The van der Waals surface area contributed by atoms with Crippen LogP contribution in [-0.2, 0) is 0 Å². The molecule has 148 valence electrons. The summed E-state index contributed by atoms with van der Waals surface area (Å²) in [4.78, 5) is 20.7. The van der Waals surface area contributed by atoms with Gasteiger partial charge in [-0.25, -0.2) is 18.7 Å². The number of benzene rings is 3. The van der Waals surface area contributed by atoms with E-state index in [2.05, 4.69) is 15.3 Å². The number of halogens is 2. The molecule has 1 N–H and O–H groups in total. The van der Waals surface area contributed by atoms with Crippen molar-refractivity contribution in [1.82, 2.24) is 9.97 Å². The number of hydrogen-bond donors (Lipinski definition) is 1. The van der Waals surface area contributed by atoms with Crippen LogP contribution in [0.2, 0.25) is 0 Å². The Morgan fingerprint density at radius 1 is 0.833 bits per heavy atom.